The number of hydrogen-bond acceptors (Lipinski definition) is 12. The van der Waals surface area contributed by atoms with Gasteiger partial charge >= 0.3 is 23.3 Å². The van der Waals surface area contributed by atoms with E-state index in [1.54, 1.807) is 0 Å². The van der Waals surface area contributed by atoms with Gasteiger partial charge in [-0.05, 0) is 31.3 Å². The molecular weight excluding hydrogens is 576 g/mol. The molecule has 20 nitrogen and oxygen atoms in total. The summed E-state index contributed by atoms with van der Waals surface area (Å²) < 4.78 is 24.0. The van der Waals surface area contributed by atoms with Gasteiger partial charge in [0.2, 0.25) is 12.6 Å². The lowest BCUT2D eigenvalue weighted by Gasteiger charge is -2.18. The minimum Gasteiger partial charge on any atom is -0.435 e. The SMILES string of the molecule is Cc1cn(C2CC(N=[N+]=[N-])C(OC(=O)CCCC(=O)OC3OC(n4cc(C)c(=O)[nH]c4=O)CC3N=[N+]=[N-])O2)c(=O)[nH]c1=O. The maximum atomic E-state index is 12.5. The van der Waals surface area contributed by atoms with Crippen molar-refractivity contribution in [3.63, 3.8) is 0 Å². The highest BCUT2D eigenvalue weighted by atomic mass is 16.7. The van der Waals surface area contributed by atoms with E-state index in [2.05, 4.69) is 30.0 Å². The molecule has 0 aliphatic carbocycles. The number of aromatic nitrogens is 4. The Labute approximate surface area is 239 Å². The summed E-state index contributed by atoms with van der Waals surface area (Å²) in [5.74, 6) is -1.59. The molecule has 6 unspecified atom stereocenters. The highest BCUT2D eigenvalue weighted by molar-refractivity contribution is 5.72. The zero-order valence-electron chi connectivity index (χ0n) is 22.8. The summed E-state index contributed by atoms with van der Waals surface area (Å²) in [4.78, 5) is 82.3. The molecule has 20 heteroatoms. The van der Waals surface area contributed by atoms with Crippen LogP contribution in [0, 0.1) is 13.8 Å². The second-order valence-corrected chi connectivity index (χ2v) is 9.72. The highest BCUT2D eigenvalue weighted by Crippen LogP contribution is 2.32. The van der Waals surface area contributed by atoms with E-state index < -0.39 is 71.6 Å². The Morgan fingerprint density at radius 2 is 1.23 bits per heavy atom. The average molecular weight is 603 g/mol. The number of aromatic amines is 2. The first-order valence-corrected chi connectivity index (χ1v) is 12.9. The molecule has 2 fully saturated rings. The predicted molar refractivity (Wildman–Crippen MR) is 141 cm³/mol. The molecule has 0 saturated carbocycles. The van der Waals surface area contributed by atoms with Crippen molar-refractivity contribution in [3.8, 4) is 0 Å². The van der Waals surface area contributed by atoms with Gasteiger partial charge in [-0.25, -0.2) is 9.59 Å². The van der Waals surface area contributed by atoms with Gasteiger partial charge < -0.3 is 18.9 Å². The molecule has 2 aromatic rings. The van der Waals surface area contributed by atoms with Gasteiger partial charge in [0.25, 0.3) is 11.1 Å². The Morgan fingerprint density at radius 1 is 0.837 bits per heavy atom. The first-order chi connectivity index (χ1) is 20.5. The molecule has 0 radical (unpaired) electrons. The van der Waals surface area contributed by atoms with Crippen LogP contribution >= 0.6 is 0 Å². The minimum atomic E-state index is -1.33. The number of nitrogens with one attached hydrogen (secondary N) is 2. The van der Waals surface area contributed by atoms with Crippen molar-refractivity contribution in [2.75, 3.05) is 0 Å². The van der Waals surface area contributed by atoms with Gasteiger partial charge in [-0.2, -0.15) is 0 Å². The number of H-pyrrole nitrogens is 2. The van der Waals surface area contributed by atoms with Gasteiger partial charge in [-0.15, -0.1) is 0 Å². The van der Waals surface area contributed by atoms with E-state index in [1.165, 1.54) is 26.2 Å². The van der Waals surface area contributed by atoms with Crippen LogP contribution in [0.3, 0.4) is 0 Å². The van der Waals surface area contributed by atoms with Gasteiger partial charge in [0.05, 0.1) is 0 Å². The topological polar surface area (TPSA) is 278 Å². The van der Waals surface area contributed by atoms with Crippen molar-refractivity contribution >= 4 is 11.9 Å². The molecule has 0 amide bonds. The molecule has 4 heterocycles. The number of rotatable bonds is 10. The van der Waals surface area contributed by atoms with Gasteiger partial charge in [0.15, 0.2) is 0 Å². The molecule has 2 aromatic heterocycles. The third-order valence-electron chi connectivity index (χ3n) is 6.67. The Morgan fingerprint density at radius 3 is 1.60 bits per heavy atom. The van der Waals surface area contributed by atoms with E-state index in [1.807, 2.05) is 0 Å². The van der Waals surface area contributed by atoms with Crippen molar-refractivity contribution in [2.24, 2.45) is 10.2 Å². The van der Waals surface area contributed by atoms with E-state index in [9.17, 15) is 28.8 Å². The molecule has 2 aliphatic heterocycles. The maximum Gasteiger partial charge on any atom is 0.330 e. The number of carbonyl (C=O) groups excluding carboxylic acids is 2. The van der Waals surface area contributed by atoms with Gasteiger partial charge in [-0.3, -0.25) is 38.3 Å². The molecule has 2 aliphatic rings. The fourth-order valence-corrected chi connectivity index (χ4v) is 4.50. The van der Waals surface area contributed by atoms with E-state index in [0.717, 1.165) is 9.13 Å². The number of esters is 2. The molecule has 2 N–H and O–H groups in total. The lowest BCUT2D eigenvalue weighted by atomic mass is 10.2. The Bertz CT molecular complexity index is 1610. The van der Waals surface area contributed by atoms with E-state index in [0.29, 0.717) is 0 Å². The number of ether oxygens (including phenoxy) is 4. The van der Waals surface area contributed by atoms with E-state index in [-0.39, 0.29) is 43.2 Å². The summed E-state index contributed by atoms with van der Waals surface area (Å²) in [6.45, 7) is 2.97. The van der Waals surface area contributed by atoms with Gasteiger partial charge in [0, 0.05) is 59.0 Å². The van der Waals surface area contributed by atoms with Crippen LogP contribution in [-0.2, 0) is 28.5 Å². The first-order valence-electron chi connectivity index (χ1n) is 12.9. The maximum absolute atomic E-state index is 12.5. The normalized spacial score (nSPS) is 24.5. The Kier molecular flexibility index (Phi) is 9.46. The van der Waals surface area contributed by atoms with E-state index >= 15 is 0 Å². The highest BCUT2D eigenvalue weighted by Gasteiger charge is 2.40. The molecule has 0 aromatic carbocycles. The number of hydrogen-bond donors (Lipinski definition) is 2. The Balaban J connectivity index is 1.30. The molecule has 43 heavy (non-hydrogen) atoms. The monoisotopic (exact) mass is 602 g/mol. The predicted octanol–water partition coefficient (Wildman–Crippen LogP) is 0.808. The summed E-state index contributed by atoms with van der Waals surface area (Å²) in [6, 6.07) is -1.93. The molecule has 2 saturated heterocycles. The average Bonchev–Trinajstić information content (AvgIpc) is 3.52. The lowest BCUT2D eigenvalue weighted by molar-refractivity contribution is -0.184. The second-order valence-electron chi connectivity index (χ2n) is 9.72. The standard InChI is InChI=1S/C23H26N10O10/c1-10-8-32(22(38)26-18(10)36)14-6-12(28-30-24)20(40-14)42-16(34)4-3-5-17(35)43-21-13(29-31-25)7-15(41-21)33-9-11(2)19(37)27-23(33)39/h8-9,12-15,20-21H,3-7H2,1-2H3,(H,26,36,38)(H,27,37,39). The van der Waals surface area contributed by atoms with E-state index in [4.69, 9.17) is 30.0 Å². The molecule has 6 atom stereocenters. The summed E-state index contributed by atoms with van der Waals surface area (Å²) in [6.07, 6.45) is -2.66. The van der Waals surface area contributed by atoms with Crippen LogP contribution < -0.4 is 22.5 Å². The number of azide groups is 2. The van der Waals surface area contributed by atoms with Crippen LogP contribution in [-0.4, -0.2) is 55.7 Å². The lowest BCUT2D eigenvalue weighted by Crippen LogP contribution is -2.33. The zero-order valence-corrected chi connectivity index (χ0v) is 22.8. The summed E-state index contributed by atoms with van der Waals surface area (Å²) in [5.41, 5.74) is 15.6. The van der Waals surface area contributed by atoms with Crippen LogP contribution in [0.4, 0.5) is 0 Å². The molecule has 0 spiro atoms. The Hall–Kier alpha value is -5.16. The third kappa shape index (κ3) is 7.19. The van der Waals surface area contributed by atoms with Crippen LogP contribution in [0.25, 0.3) is 20.9 Å². The largest absolute Gasteiger partial charge is 0.435 e. The number of aryl methyl sites for hydroxylation is 2. The first kappa shape index (κ1) is 30.8. The van der Waals surface area contributed by atoms with Crippen LogP contribution in [0.2, 0.25) is 0 Å². The molecule has 228 valence electrons. The summed E-state index contributed by atoms with van der Waals surface area (Å²) in [7, 11) is 0. The van der Waals surface area contributed by atoms with Crippen molar-refractivity contribution in [2.45, 2.75) is 83.1 Å². The van der Waals surface area contributed by atoms with Crippen molar-refractivity contribution in [3.05, 3.63) is 86.1 Å². The number of carbonyl (C=O) groups is 2. The quantitative estimate of drug-likeness (QED) is 0.167. The third-order valence-corrected chi connectivity index (χ3v) is 6.67. The van der Waals surface area contributed by atoms with Crippen molar-refractivity contribution < 1.29 is 28.5 Å². The van der Waals surface area contributed by atoms with Gasteiger partial charge in [-0.1, -0.05) is 10.2 Å². The van der Waals surface area contributed by atoms with Crippen molar-refractivity contribution in [1.82, 2.24) is 19.1 Å². The fourth-order valence-electron chi connectivity index (χ4n) is 4.50. The molecular formula is C23H26N10O10. The second kappa shape index (κ2) is 13.2. The summed E-state index contributed by atoms with van der Waals surface area (Å²) >= 11 is 0. The van der Waals surface area contributed by atoms with Gasteiger partial charge in [0.1, 0.15) is 24.5 Å². The fraction of sp³-hybridized carbons (Fsp3) is 0.565. The molecule has 0 bridgehead atoms. The van der Waals surface area contributed by atoms with Crippen LogP contribution in [0.15, 0.2) is 41.8 Å². The molecule has 4 rings (SSSR count). The zero-order chi connectivity index (χ0) is 31.3. The van der Waals surface area contributed by atoms with Crippen LogP contribution in [0.1, 0.15) is 55.7 Å². The number of nitrogens with zero attached hydrogens (tertiary/aromatic N) is 8. The summed E-state index contributed by atoms with van der Waals surface area (Å²) in [5, 5.41) is 7.13. The van der Waals surface area contributed by atoms with Crippen LogP contribution in [0.5, 0.6) is 0 Å². The minimum absolute atomic E-state index is 0.0147. The van der Waals surface area contributed by atoms with Crippen molar-refractivity contribution in [1.29, 1.82) is 0 Å². The smallest absolute Gasteiger partial charge is 0.330 e.